The van der Waals surface area contributed by atoms with E-state index in [0.29, 0.717) is 22.7 Å². The minimum atomic E-state index is -0.586. The number of rotatable bonds is 8. The van der Waals surface area contributed by atoms with Crippen molar-refractivity contribution in [3.05, 3.63) is 72.8 Å². The average molecular weight is 453 g/mol. The number of ether oxygens (including phenoxy) is 4. The summed E-state index contributed by atoms with van der Waals surface area (Å²) < 4.78 is 21.5. The predicted octanol–water partition coefficient (Wildman–Crippen LogP) is 4.68. The number of hydrogen-bond donors (Lipinski definition) is 2. The third-order valence-electron chi connectivity index (χ3n) is 3.99. The Balaban J connectivity index is 1.88. The minimum absolute atomic E-state index is 0.166. The molecule has 0 fully saturated rings. The maximum absolute atomic E-state index is 12.2. The van der Waals surface area contributed by atoms with E-state index in [4.69, 9.17) is 18.9 Å². The number of aromatic nitrogens is 2. The van der Waals surface area contributed by atoms with Gasteiger partial charge < -0.3 is 24.3 Å². The molecule has 0 unspecified atom stereocenters. The van der Waals surface area contributed by atoms with Crippen molar-refractivity contribution in [3.8, 4) is 23.3 Å². The quantitative estimate of drug-likeness (QED) is 0.219. The first-order chi connectivity index (χ1) is 15.5. The molecule has 2 aromatic carbocycles. The summed E-state index contributed by atoms with van der Waals surface area (Å²) in [7, 11) is 2.70. The van der Waals surface area contributed by atoms with Crippen molar-refractivity contribution >= 4 is 35.1 Å². The number of para-hydroxylation sites is 3. The van der Waals surface area contributed by atoms with E-state index in [0.717, 1.165) is 0 Å². The molecule has 0 aliphatic rings. The largest absolute Gasteiger partial charge is 0.503 e. The molecule has 1 amide bonds. The Labute approximate surface area is 189 Å². The molecule has 3 rings (SSSR count). The van der Waals surface area contributed by atoms with Gasteiger partial charge in [0.1, 0.15) is 17.6 Å². The van der Waals surface area contributed by atoms with Crippen LogP contribution in [-0.4, -0.2) is 35.4 Å². The lowest BCUT2D eigenvalue weighted by atomic mass is 10.1. The highest BCUT2D eigenvalue weighted by Crippen LogP contribution is 2.33. The molecule has 1 aromatic heterocycles. The second-order valence-electron chi connectivity index (χ2n) is 6.08. The summed E-state index contributed by atoms with van der Waals surface area (Å²) in [6.07, 6.45) is 2.54. The number of thiol groups is 1. The SMILES string of the molecule is CO/C=C(/C(=O)OC)c1ccccc1Oc1cc(Oc2ccccc2NC(=O)S)ncn1. The van der Waals surface area contributed by atoms with Gasteiger partial charge in [-0.05, 0) is 18.2 Å². The molecule has 32 heavy (non-hydrogen) atoms. The molecule has 0 atom stereocenters. The van der Waals surface area contributed by atoms with Crippen molar-refractivity contribution in [2.45, 2.75) is 0 Å². The number of esters is 1. The highest BCUT2D eigenvalue weighted by atomic mass is 32.1. The minimum Gasteiger partial charge on any atom is -0.503 e. The van der Waals surface area contributed by atoms with Gasteiger partial charge in [-0.1, -0.05) is 43.0 Å². The van der Waals surface area contributed by atoms with Crippen LogP contribution < -0.4 is 14.8 Å². The number of carbonyl (C=O) groups is 2. The molecule has 0 aliphatic heterocycles. The summed E-state index contributed by atoms with van der Waals surface area (Å²) in [5.41, 5.74) is 1.04. The van der Waals surface area contributed by atoms with Gasteiger partial charge in [-0.3, -0.25) is 4.79 Å². The number of amides is 1. The van der Waals surface area contributed by atoms with Crippen molar-refractivity contribution < 1.29 is 28.5 Å². The first-order valence-electron chi connectivity index (χ1n) is 9.19. The summed E-state index contributed by atoms with van der Waals surface area (Å²) in [6, 6.07) is 15.1. The van der Waals surface area contributed by atoms with Crippen molar-refractivity contribution in [1.82, 2.24) is 9.97 Å². The number of anilines is 1. The topological polar surface area (TPSA) is 109 Å². The molecular weight excluding hydrogens is 434 g/mol. The zero-order valence-corrected chi connectivity index (χ0v) is 18.0. The van der Waals surface area contributed by atoms with Crippen molar-refractivity contribution in [2.24, 2.45) is 0 Å². The van der Waals surface area contributed by atoms with Crippen molar-refractivity contribution in [1.29, 1.82) is 0 Å². The fourth-order valence-electron chi connectivity index (χ4n) is 2.66. The van der Waals surface area contributed by atoms with Crippen molar-refractivity contribution in [2.75, 3.05) is 19.5 Å². The molecule has 0 bridgehead atoms. The standard InChI is InChI=1S/C22H19N3O6S/c1-28-12-15(21(26)29-2)14-7-3-5-9-17(14)30-19-11-20(24-13-23-19)31-18-10-6-4-8-16(18)25-22(27)32/h3-13H,1-2H3,(H2,25,27,32)/b15-12+. The molecular formula is C22H19N3O6S. The summed E-state index contributed by atoms with van der Waals surface area (Å²) in [4.78, 5) is 31.6. The molecule has 1 heterocycles. The molecule has 10 heteroatoms. The summed E-state index contributed by atoms with van der Waals surface area (Å²) in [5, 5.41) is 2.03. The van der Waals surface area contributed by atoms with E-state index in [1.807, 2.05) is 0 Å². The van der Waals surface area contributed by atoms with Crippen LogP contribution in [0.4, 0.5) is 10.5 Å². The van der Waals surface area contributed by atoms with E-state index in [2.05, 4.69) is 27.9 Å². The van der Waals surface area contributed by atoms with Crippen LogP contribution in [0.25, 0.3) is 5.57 Å². The molecule has 164 valence electrons. The smallest absolute Gasteiger partial charge is 0.341 e. The molecule has 0 saturated carbocycles. The number of benzene rings is 2. The molecule has 9 nitrogen and oxygen atoms in total. The zero-order valence-electron chi connectivity index (χ0n) is 17.1. The van der Waals surface area contributed by atoms with Gasteiger partial charge in [0.15, 0.2) is 5.75 Å². The lowest BCUT2D eigenvalue weighted by Gasteiger charge is -2.13. The predicted molar refractivity (Wildman–Crippen MR) is 120 cm³/mol. The van der Waals surface area contributed by atoms with Crippen LogP contribution in [0.5, 0.6) is 23.3 Å². The van der Waals surface area contributed by atoms with Gasteiger partial charge in [0.25, 0.3) is 5.24 Å². The monoisotopic (exact) mass is 453 g/mol. The fourth-order valence-corrected chi connectivity index (χ4v) is 2.78. The molecule has 0 radical (unpaired) electrons. The van der Waals surface area contributed by atoms with Crippen LogP contribution >= 0.6 is 12.6 Å². The number of nitrogens with one attached hydrogen (secondary N) is 1. The second kappa shape index (κ2) is 10.8. The summed E-state index contributed by atoms with van der Waals surface area (Å²) in [6.45, 7) is 0. The Bertz CT molecular complexity index is 1150. The van der Waals surface area contributed by atoms with Crippen LogP contribution in [0.2, 0.25) is 0 Å². The highest BCUT2D eigenvalue weighted by molar-refractivity contribution is 7.96. The maximum Gasteiger partial charge on any atom is 0.341 e. The van der Waals surface area contributed by atoms with Crippen LogP contribution in [0.3, 0.4) is 0 Å². The van der Waals surface area contributed by atoms with Gasteiger partial charge >= 0.3 is 5.97 Å². The molecule has 0 aliphatic carbocycles. The molecule has 0 spiro atoms. The van der Waals surface area contributed by atoms with Gasteiger partial charge in [-0.25, -0.2) is 14.8 Å². The lowest BCUT2D eigenvalue weighted by molar-refractivity contribution is -0.133. The van der Waals surface area contributed by atoms with Crippen LogP contribution in [0.15, 0.2) is 67.2 Å². The highest BCUT2D eigenvalue weighted by Gasteiger charge is 2.18. The third-order valence-corrected chi connectivity index (χ3v) is 4.10. The first kappa shape index (κ1) is 22.6. The van der Waals surface area contributed by atoms with E-state index < -0.39 is 11.2 Å². The fraction of sp³-hybridized carbons (Fsp3) is 0.0909. The number of carbonyl (C=O) groups excluding carboxylic acids is 2. The van der Waals surface area contributed by atoms with E-state index >= 15 is 0 Å². The molecule has 3 aromatic rings. The third kappa shape index (κ3) is 5.76. The van der Waals surface area contributed by atoms with Crippen LogP contribution in [0, 0.1) is 0 Å². The molecule has 1 N–H and O–H groups in total. The summed E-state index contributed by atoms with van der Waals surface area (Å²) >= 11 is 3.72. The number of methoxy groups -OCH3 is 2. The van der Waals surface area contributed by atoms with Gasteiger partial charge in [0.05, 0.1) is 32.2 Å². The zero-order chi connectivity index (χ0) is 22.9. The van der Waals surface area contributed by atoms with E-state index in [-0.39, 0.29) is 17.3 Å². The number of hydrogen-bond acceptors (Lipinski definition) is 8. The maximum atomic E-state index is 12.2. The Morgan fingerprint density at radius 2 is 1.56 bits per heavy atom. The van der Waals surface area contributed by atoms with E-state index in [9.17, 15) is 9.59 Å². The normalized spacial score (nSPS) is 10.8. The van der Waals surface area contributed by atoms with Crippen LogP contribution in [0.1, 0.15) is 5.56 Å². The first-order valence-corrected chi connectivity index (χ1v) is 9.64. The Kier molecular flexibility index (Phi) is 7.65. The second-order valence-corrected chi connectivity index (χ2v) is 6.49. The summed E-state index contributed by atoms with van der Waals surface area (Å²) in [5.74, 6) is 0.454. The molecule has 0 saturated heterocycles. The van der Waals surface area contributed by atoms with E-state index in [1.54, 1.807) is 48.5 Å². The van der Waals surface area contributed by atoms with E-state index in [1.165, 1.54) is 32.9 Å². The van der Waals surface area contributed by atoms with Gasteiger partial charge in [-0.2, -0.15) is 0 Å². The van der Waals surface area contributed by atoms with Crippen LogP contribution in [-0.2, 0) is 14.3 Å². The Morgan fingerprint density at radius 1 is 0.938 bits per heavy atom. The number of nitrogens with zero attached hydrogens (tertiary/aromatic N) is 2. The Hall–Kier alpha value is -4.05. The van der Waals surface area contributed by atoms with Crippen molar-refractivity contribution in [3.63, 3.8) is 0 Å². The average Bonchev–Trinajstić information content (AvgIpc) is 2.79. The Morgan fingerprint density at radius 3 is 2.22 bits per heavy atom. The van der Waals surface area contributed by atoms with Gasteiger partial charge in [-0.15, -0.1) is 0 Å². The van der Waals surface area contributed by atoms with Gasteiger partial charge in [0.2, 0.25) is 11.8 Å². The van der Waals surface area contributed by atoms with Gasteiger partial charge in [0, 0.05) is 5.56 Å². The lowest BCUT2D eigenvalue weighted by Crippen LogP contribution is -2.06.